The van der Waals surface area contributed by atoms with Gasteiger partial charge >= 0.3 is 0 Å². The van der Waals surface area contributed by atoms with Crippen molar-refractivity contribution in [2.24, 2.45) is 13.0 Å². The maximum Gasteiger partial charge on any atom is 0.220 e. The van der Waals surface area contributed by atoms with Gasteiger partial charge in [0.05, 0.1) is 5.69 Å². The number of nitrogens with zero attached hydrogens (tertiary/aromatic N) is 2. The lowest BCUT2D eigenvalue weighted by molar-refractivity contribution is -0.121. The Morgan fingerprint density at radius 2 is 2.06 bits per heavy atom. The highest BCUT2D eigenvalue weighted by Crippen LogP contribution is 2.13. The number of hydrogen-bond acceptors (Lipinski definition) is 2. The molecule has 0 radical (unpaired) electrons. The van der Waals surface area contributed by atoms with Crippen molar-refractivity contribution in [2.75, 3.05) is 6.54 Å². The van der Waals surface area contributed by atoms with Crippen molar-refractivity contribution in [2.45, 2.75) is 47.0 Å². The second-order valence-corrected chi connectivity index (χ2v) is 5.31. The van der Waals surface area contributed by atoms with Gasteiger partial charge in [0.25, 0.3) is 0 Å². The predicted molar refractivity (Wildman–Crippen MR) is 73.5 cm³/mol. The number of rotatable bonds is 6. The Morgan fingerprint density at radius 1 is 1.39 bits per heavy atom. The van der Waals surface area contributed by atoms with E-state index >= 15 is 0 Å². The normalized spacial score (nSPS) is 11.0. The van der Waals surface area contributed by atoms with E-state index in [1.807, 2.05) is 25.6 Å². The van der Waals surface area contributed by atoms with E-state index in [0.717, 1.165) is 30.8 Å². The Morgan fingerprint density at radius 3 is 2.56 bits per heavy atom. The summed E-state index contributed by atoms with van der Waals surface area (Å²) in [6.07, 6.45) is 2.36. The molecule has 1 amide bonds. The first-order valence-corrected chi connectivity index (χ1v) is 6.67. The number of hydrogen-bond donors (Lipinski definition) is 1. The van der Waals surface area contributed by atoms with Crippen LogP contribution in [0.5, 0.6) is 0 Å². The number of nitrogens with one attached hydrogen (secondary N) is 1. The van der Waals surface area contributed by atoms with Crippen LogP contribution < -0.4 is 5.32 Å². The van der Waals surface area contributed by atoms with Gasteiger partial charge in [-0.1, -0.05) is 13.8 Å². The lowest BCUT2D eigenvalue weighted by Gasteiger charge is -2.07. The van der Waals surface area contributed by atoms with Crippen molar-refractivity contribution in [3.63, 3.8) is 0 Å². The molecule has 1 aromatic heterocycles. The van der Waals surface area contributed by atoms with Crippen LogP contribution in [0.15, 0.2) is 0 Å². The lowest BCUT2D eigenvalue weighted by atomic mass is 10.1. The molecule has 4 nitrogen and oxygen atoms in total. The summed E-state index contributed by atoms with van der Waals surface area (Å²) in [6.45, 7) is 9.15. The van der Waals surface area contributed by atoms with Gasteiger partial charge in [0.2, 0.25) is 5.91 Å². The third kappa shape index (κ3) is 4.17. The molecule has 102 valence electrons. The number of carbonyl (C=O) groups excluding carboxylic acids is 1. The Bertz CT molecular complexity index is 407. The van der Waals surface area contributed by atoms with Gasteiger partial charge in [-0.3, -0.25) is 9.48 Å². The Hall–Kier alpha value is -1.32. The molecule has 0 saturated heterocycles. The molecular formula is C14H25N3O. The molecule has 0 atom stereocenters. The van der Waals surface area contributed by atoms with Gasteiger partial charge in [0.15, 0.2) is 0 Å². The molecule has 0 aliphatic carbocycles. The van der Waals surface area contributed by atoms with Crippen molar-refractivity contribution in [1.29, 1.82) is 0 Å². The molecule has 1 aromatic rings. The Kier molecular flexibility index (Phi) is 5.38. The van der Waals surface area contributed by atoms with E-state index in [-0.39, 0.29) is 5.91 Å². The van der Waals surface area contributed by atoms with E-state index in [1.54, 1.807) is 0 Å². The first-order valence-electron chi connectivity index (χ1n) is 6.67. The molecule has 1 N–H and O–H groups in total. The Balaban J connectivity index is 2.38. The Labute approximate surface area is 110 Å². The van der Waals surface area contributed by atoms with E-state index in [1.165, 1.54) is 5.56 Å². The van der Waals surface area contributed by atoms with Crippen molar-refractivity contribution >= 4 is 5.91 Å². The van der Waals surface area contributed by atoms with Gasteiger partial charge in [0.1, 0.15) is 0 Å². The molecule has 0 fully saturated rings. The van der Waals surface area contributed by atoms with Crippen LogP contribution in [-0.2, 0) is 18.3 Å². The summed E-state index contributed by atoms with van der Waals surface area (Å²) >= 11 is 0. The summed E-state index contributed by atoms with van der Waals surface area (Å²) in [7, 11) is 1.94. The summed E-state index contributed by atoms with van der Waals surface area (Å²) in [5.74, 6) is 0.770. The highest BCUT2D eigenvalue weighted by Gasteiger charge is 2.11. The maximum absolute atomic E-state index is 11.7. The zero-order valence-corrected chi connectivity index (χ0v) is 12.2. The summed E-state index contributed by atoms with van der Waals surface area (Å²) in [5, 5.41) is 7.32. The van der Waals surface area contributed by atoms with Crippen molar-refractivity contribution in [3.05, 3.63) is 17.0 Å². The first-order chi connectivity index (χ1) is 8.41. The number of carbonyl (C=O) groups is 1. The van der Waals surface area contributed by atoms with Gasteiger partial charge in [-0.05, 0) is 38.2 Å². The van der Waals surface area contributed by atoms with Gasteiger partial charge < -0.3 is 5.32 Å². The largest absolute Gasteiger partial charge is 0.356 e. The molecule has 1 heterocycles. The number of aromatic nitrogens is 2. The van der Waals surface area contributed by atoms with Crippen molar-refractivity contribution in [3.8, 4) is 0 Å². The van der Waals surface area contributed by atoms with Crippen molar-refractivity contribution in [1.82, 2.24) is 15.1 Å². The minimum absolute atomic E-state index is 0.137. The number of aryl methyl sites for hydroxylation is 2. The van der Waals surface area contributed by atoms with Gasteiger partial charge in [-0.25, -0.2) is 0 Å². The zero-order chi connectivity index (χ0) is 13.7. The molecule has 0 spiro atoms. The van der Waals surface area contributed by atoms with E-state index < -0.39 is 0 Å². The molecule has 0 bridgehead atoms. The smallest absolute Gasteiger partial charge is 0.220 e. The third-order valence-corrected chi connectivity index (χ3v) is 3.30. The summed E-state index contributed by atoms with van der Waals surface area (Å²) in [5.41, 5.74) is 3.39. The fraction of sp³-hybridized carbons (Fsp3) is 0.714. The van der Waals surface area contributed by atoms with Crippen LogP contribution >= 0.6 is 0 Å². The molecule has 1 rings (SSSR count). The van der Waals surface area contributed by atoms with Crippen LogP contribution in [0.4, 0.5) is 0 Å². The monoisotopic (exact) mass is 251 g/mol. The molecular weight excluding hydrogens is 226 g/mol. The fourth-order valence-electron chi connectivity index (χ4n) is 2.01. The molecule has 0 aromatic carbocycles. The zero-order valence-electron chi connectivity index (χ0n) is 12.2. The van der Waals surface area contributed by atoms with Gasteiger partial charge in [-0.2, -0.15) is 5.10 Å². The molecule has 0 unspecified atom stereocenters. The van der Waals surface area contributed by atoms with Crippen LogP contribution in [0.1, 0.15) is 43.6 Å². The third-order valence-electron chi connectivity index (χ3n) is 3.30. The van der Waals surface area contributed by atoms with Crippen molar-refractivity contribution < 1.29 is 4.79 Å². The van der Waals surface area contributed by atoms with Crippen LogP contribution in [0.3, 0.4) is 0 Å². The summed E-state index contributed by atoms with van der Waals surface area (Å²) < 4.78 is 1.88. The SMILES string of the molecule is Cc1nn(C)c(C)c1CCC(=O)NCCC(C)C. The van der Waals surface area contributed by atoms with E-state index in [9.17, 15) is 4.79 Å². The summed E-state index contributed by atoms with van der Waals surface area (Å²) in [4.78, 5) is 11.7. The lowest BCUT2D eigenvalue weighted by Crippen LogP contribution is -2.25. The molecule has 0 aliphatic heterocycles. The topological polar surface area (TPSA) is 46.9 Å². The summed E-state index contributed by atoms with van der Waals surface area (Å²) in [6, 6.07) is 0. The van der Waals surface area contributed by atoms with Gasteiger partial charge in [0, 0.05) is 25.7 Å². The fourth-order valence-corrected chi connectivity index (χ4v) is 2.01. The van der Waals surface area contributed by atoms with Gasteiger partial charge in [-0.15, -0.1) is 0 Å². The minimum Gasteiger partial charge on any atom is -0.356 e. The average molecular weight is 251 g/mol. The highest BCUT2D eigenvalue weighted by atomic mass is 16.1. The quantitative estimate of drug-likeness (QED) is 0.842. The van der Waals surface area contributed by atoms with E-state index in [0.29, 0.717) is 12.3 Å². The predicted octanol–water partition coefficient (Wildman–Crippen LogP) is 2.13. The molecule has 4 heteroatoms. The second-order valence-electron chi connectivity index (χ2n) is 5.31. The average Bonchev–Trinajstić information content (AvgIpc) is 2.50. The second kappa shape index (κ2) is 6.57. The molecule has 0 saturated carbocycles. The molecule has 0 aliphatic rings. The number of amides is 1. The van der Waals surface area contributed by atoms with E-state index in [4.69, 9.17) is 0 Å². The minimum atomic E-state index is 0.137. The van der Waals surface area contributed by atoms with Crippen LogP contribution in [-0.4, -0.2) is 22.2 Å². The first kappa shape index (κ1) is 14.7. The van der Waals surface area contributed by atoms with Crippen LogP contribution in [0.25, 0.3) is 0 Å². The van der Waals surface area contributed by atoms with Crippen LogP contribution in [0, 0.1) is 19.8 Å². The highest BCUT2D eigenvalue weighted by molar-refractivity contribution is 5.76. The van der Waals surface area contributed by atoms with E-state index in [2.05, 4.69) is 24.3 Å². The standard InChI is InChI=1S/C14H25N3O/c1-10(2)8-9-15-14(18)7-6-13-11(3)16-17(5)12(13)4/h10H,6-9H2,1-5H3,(H,15,18). The maximum atomic E-state index is 11.7. The molecule has 18 heavy (non-hydrogen) atoms. The van der Waals surface area contributed by atoms with Crippen LogP contribution in [0.2, 0.25) is 0 Å².